The Kier molecular flexibility index (Phi) is 3.91. The van der Waals surface area contributed by atoms with Crippen LogP contribution >= 0.6 is 11.3 Å². The van der Waals surface area contributed by atoms with E-state index in [0.29, 0.717) is 6.42 Å². The summed E-state index contributed by atoms with van der Waals surface area (Å²) < 4.78 is 13.6. The predicted octanol–water partition coefficient (Wildman–Crippen LogP) is 3.39. The zero-order chi connectivity index (χ0) is 11.4. The molecular formula is C13H16FNS. The summed E-state index contributed by atoms with van der Waals surface area (Å²) in [7, 11) is 1.89. The van der Waals surface area contributed by atoms with Crippen LogP contribution in [0.2, 0.25) is 0 Å². The molecule has 2 aromatic rings. The van der Waals surface area contributed by atoms with Gasteiger partial charge in [-0.2, -0.15) is 0 Å². The maximum absolute atomic E-state index is 12.3. The van der Waals surface area contributed by atoms with Crippen molar-refractivity contribution in [1.29, 1.82) is 0 Å². The van der Waals surface area contributed by atoms with Crippen LogP contribution in [0.3, 0.4) is 0 Å². The molecule has 0 aliphatic carbocycles. The molecule has 16 heavy (non-hydrogen) atoms. The molecule has 1 N–H and O–H groups in total. The largest absolute Gasteiger partial charge is 0.317 e. The molecular weight excluding hydrogens is 221 g/mol. The highest BCUT2D eigenvalue weighted by Crippen LogP contribution is 2.22. The predicted molar refractivity (Wildman–Crippen MR) is 69.0 cm³/mol. The van der Waals surface area contributed by atoms with Crippen LogP contribution in [0.15, 0.2) is 29.6 Å². The molecule has 0 saturated carbocycles. The summed E-state index contributed by atoms with van der Waals surface area (Å²) in [6, 6.07) is 8.85. The molecule has 0 aliphatic heterocycles. The maximum Gasteiger partial charge on any atom is 0.0909 e. The highest BCUT2D eigenvalue weighted by atomic mass is 32.1. The van der Waals surface area contributed by atoms with Crippen molar-refractivity contribution in [3.05, 3.63) is 35.2 Å². The van der Waals surface area contributed by atoms with Crippen molar-refractivity contribution in [1.82, 2.24) is 5.32 Å². The number of alkyl halides is 1. The van der Waals surface area contributed by atoms with Crippen molar-refractivity contribution in [3.63, 3.8) is 0 Å². The first-order valence-corrected chi connectivity index (χ1v) is 6.41. The monoisotopic (exact) mass is 237 g/mol. The van der Waals surface area contributed by atoms with E-state index in [9.17, 15) is 4.39 Å². The lowest BCUT2D eigenvalue weighted by atomic mass is 10.0. The molecule has 1 aromatic heterocycles. The summed E-state index contributed by atoms with van der Waals surface area (Å²) in [6.45, 7) is -0.257. The van der Waals surface area contributed by atoms with Crippen molar-refractivity contribution in [2.45, 2.75) is 18.9 Å². The van der Waals surface area contributed by atoms with E-state index in [-0.39, 0.29) is 12.7 Å². The number of nitrogens with one attached hydrogen (secondary N) is 1. The van der Waals surface area contributed by atoms with Gasteiger partial charge in [-0.3, -0.25) is 4.39 Å². The van der Waals surface area contributed by atoms with Gasteiger partial charge in [0.15, 0.2) is 0 Å². The average Bonchev–Trinajstić information content (AvgIpc) is 2.75. The third kappa shape index (κ3) is 2.60. The van der Waals surface area contributed by atoms with Crippen molar-refractivity contribution < 1.29 is 4.39 Å². The summed E-state index contributed by atoms with van der Waals surface area (Å²) in [5, 5.41) is 6.55. The number of thiophene rings is 1. The number of hydrogen-bond acceptors (Lipinski definition) is 2. The second kappa shape index (κ2) is 5.41. The zero-order valence-electron chi connectivity index (χ0n) is 9.37. The Balaban J connectivity index is 2.13. The number of hydrogen-bond donors (Lipinski definition) is 1. The van der Waals surface area contributed by atoms with Crippen LogP contribution in [0.1, 0.15) is 12.0 Å². The molecule has 0 spiro atoms. The van der Waals surface area contributed by atoms with Gasteiger partial charge >= 0.3 is 0 Å². The Hall–Kier alpha value is -0.930. The summed E-state index contributed by atoms with van der Waals surface area (Å²) in [6.07, 6.45) is 1.48. The molecule has 3 heteroatoms. The third-order valence-corrected chi connectivity index (χ3v) is 3.75. The first kappa shape index (κ1) is 11.6. The quantitative estimate of drug-likeness (QED) is 0.840. The molecule has 0 amide bonds. The van der Waals surface area contributed by atoms with Crippen molar-refractivity contribution in [2.75, 3.05) is 13.7 Å². The fourth-order valence-electron chi connectivity index (χ4n) is 1.89. The smallest absolute Gasteiger partial charge is 0.0909 e. The normalized spacial score (nSPS) is 13.1. The van der Waals surface area contributed by atoms with Crippen LogP contribution < -0.4 is 5.32 Å². The molecule has 1 aromatic carbocycles. The first-order chi connectivity index (χ1) is 7.83. The van der Waals surface area contributed by atoms with Crippen LogP contribution in [0.4, 0.5) is 4.39 Å². The Bertz CT molecular complexity index is 452. The molecule has 2 rings (SSSR count). The zero-order valence-corrected chi connectivity index (χ0v) is 10.2. The van der Waals surface area contributed by atoms with Gasteiger partial charge in [-0.05, 0) is 48.4 Å². The molecule has 0 fully saturated rings. The molecule has 1 heterocycles. The van der Waals surface area contributed by atoms with Gasteiger partial charge in [0.1, 0.15) is 0 Å². The van der Waals surface area contributed by atoms with Crippen molar-refractivity contribution in [2.24, 2.45) is 0 Å². The Labute approximate surface area is 99.3 Å². The highest BCUT2D eigenvalue weighted by molar-refractivity contribution is 7.17. The first-order valence-electron chi connectivity index (χ1n) is 5.53. The van der Waals surface area contributed by atoms with E-state index in [1.54, 1.807) is 11.3 Å². The van der Waals surface area contributed by atoms with E-state index >= 15 is 0 Å². The Morgan fingerprint density at radius 2 is 2.25 bits per heavy atom. The Morgan fingerprint density at radius 3 is 3.00 bits per heavy atom. The summed E-state index contributed by atoms with van der Waals surface area (Å²) in [4.78, 5) is 0. The van der Waals surface area contributed by atoms with Gasteiger partial charge in [0.05, 0.1) is 6.67 Å². The topological polar surface area (TPSA) is 12.0 Å². The average molecular weight is 237 g/mol. The van der Waals surface area contributed by atoms with E-state index in [1.807, 2.05) is 7.05 Å². The number of fused-ring (bicyclic) bond motifs is 1. The maximum atomic E-state index is 12.3. The molecule has 0 aliphatic rings. The minimum atomic E-state index is -0.257. The number of rotatable bonds is 5. The fourth-order valence-corrected chi connectivity index (χ4v) is 2.74. The third-order valence-electron chi connectivity index (χ3n) is 2.87. The van der Waals surface area contributed by atoms with Gasteiger partial charge in [-0.1, -0.05) is 12.1 Å². The lowest BCUT2D eigenvalue weighted by Crippen LogP contribution is -2.28. The molecule has 1 atom stereocenters. The summed E-state index contributed by atoms with van der Waals surface area (Å²) in [5.41, 5.74) is 1.28. The van der Waals surface area contributed by atoms with Crippen LogP contribution in [-0.4, -0.2) is 19.8 Å². The van der Waals surface area contributed by atoms with E-state index in [0.717, 1.165) is 6.42 Å². The van der Waals surface area contributed by atoms with E-state index in [1.165, 1.54) is 15.6 Å². The Morgan fingerprint density at radius 1 is 1.38 bits per heavy atom. The van der Waals surface area contributed by atoms with Crippen molar-refractivity contribution in [3.8, 4) is 0 Å². The minimum Gasteiger partial charge on any atom is -0.317 e. The highest BCUT2D eigenvalue weighted by Gasteiger charge is 2.07. The summed E-state index contributed by atoms with van der Waals surface area (Å²) >= 11 is 1.76. The van der Waals surface area contributed by atoms with E-state index < -0.39 is 0 Å². The van der Waals surface area contributed by atoms with Crippen LogP contribution in [-0.2, 0) is 6.42 Å². The summed E-state index contributed by atoms with van der Waals surface area (Å²) in [5.74, 6) is 0. The van der Waals surface area contributed by atoms with Gasteiger partial charge in [-0.25, -0.2) is 0 Å². The standard InChI is InChI=1S/C13H16FNS/c1-15-12(4-6-14)8-10-2-3-11-5-7-16-13(11)9-10/h2-3,5,7,9,12,15H,4,6,8H2,1H3. The van der Waals surface area contributed by atoms with Gasteiger partial charge in [-0.15, -0.1) is 11.3 Å². The number of likely N-dealkylation sites (N-methyl/N-ethyl adjacent to an activating group) is 1. The van der Waals surface area contributed by atoms with Crippen LogP contribution in [0, 0.1) is 0 Å². The number of halogens is 1. The lowest BCUT2D eigenvalue weighted by molar-refractivity contribution is 0.407. The van der Waals surface area contributed by atoms with E-state index in [2.05, 4.69) is 35.0 Å². The van der Waals surface area contributed by atoms with Gasteiger partial charge in [0.2, 0.25) is 0 Å². The lowest BCUT2D eigenvalue weighted by Gasteiger charge is -2.14. The van der Waals surface area contributed by atoms with Crippen molar-refractivity contribution >= 4 is 21.4 Å². The molecule has 0 saturated heterocycles. The molecule has 0 bridgehead atoms. The second-order valence-electron chi connectivity index (χ2n) is 3.96. The van der Waals surface area contributed by atoms with Crippen LogP contribution in [0.25, 0.3) is 10.1 Å². The van der Waals surface area contributed by atoms with Gasteiger partial charge in [0.25, 0.3) is 0 Å². The van der Waals surface area contributed by atoms with Gasteiger partial charge < -0.3 is 5.32 Å². The molecule has 0 radical (unpaired) electrons. The van der Waals surface area contributed by atoms with E-state index in [4.69, 9.17) is 0 Å². The van der Waals surface area contributed by atoms with Gasteiger partial charge in [0, 0.05) is 10.7 Å². The van der Waals surface area contributed by atoms with Crippen LogP contribution in [0.5, 0.6) is 0 Å². The molecule has 86 valence electrons. The second-order valence-corrected chi connectivity index (χ2v) is 4.91. The SMILES string of the molecule is CNC(CCF)Cc1ccc2ccsc2c1. The minimum absolute atomic E-state index is 0.238. The molecule has 1 unspecified atom stereocenters. The molecule has 1 nitrogen and oxygen atoms in total. The number of benzene rings is 1. The fraction of sp³-hybridized carbons (Fsp3) is 0.385.